The van der Waals surface area contributed by atoms with Crippen molar-refractivity contribution in [1.82, 2.24) is 4.98 Å². The number of aromatic nitrogens is 1. The van der Waals surface area contributed by atoms with Gasteiger partial charge in [-0.15, -0.1) is 0 Å². The summed E-state index contributed by atoms with van der Waals surface area (Å²) in [7, 11) is -2.54. The maximum Gasteiger partial charge on any atom is 0.337 e. The molecule has 0 fully saturated rings. The van der Waals surface area contributed by atoms with E-state index in [4.69, 9.17) is 11.6 Å². The Bertz CT molecular complexity index is 786. The topological polar surface area (TPSA) is 85.4 Å². The molecule has 6 nitrogen and oxygen atoms in total. The number of benzene rings is 1. The van der Waals surface area contributed by atoms with Crippen molar-refractivity contribution in [1.29, 1.82) is 0 Å². The number of methoxy groups -OCH3 is 1. The third-order valence-electron chi connectivity index (χ3n) is 2.62. The second kappa shape index (κ2) is 6.00. The first kappa shape index (κ1) is 15.7. The first-order chi connectivity index (χ1) is 9.83. The minimum Gasteiger partial charge on any atom is -0.465 e. The maximum absolute atomic E-state index is 12.2. The second-order valence-electron chi connectivity index (χ2n) is 4.06. The van der Waals surface area contributed by atoms with Gasteiger partial charge >= 0.3 is 5.97 Å². The van der Waals surface area contributed by atoms with Gasteiger partial charge in [-0.25, -0.2) is 18.2 Å². The molecule has 0 aliphatic carbocycles. The zero-order valence-electron chi connectivity index (χ0n) is 11.1. The molecule has 0 aliphatic rings. The Morgan fingerprint density at radius 1 is 1.43 bits per heavy atom. The van der Waals surface area contributed by atoms with Gasteiger partial charge in [0.25, 0.3) is 10.0 Å². The summed E-state index contributed by atoms with van der Waals surface area (Å²) in [5.74, 6) is -0.545. The molecule has 21 heavy (non-hydrogen) atoms. The van der Waals surface area contributed by atoms with Crippen LogP contribution in [0.3, 0.4) is 0 Å². The molecule has 2 aromatic rings. The molecule has 1 N–H and O–H groups in total. The van der Waals surface area contributed by atoms with Crippen LogP contribution in [-0.4, -0.2) is 26.5 Å². The van der Waals surface area contributed by atoms with E-state index in [1.807, 2.05) is 0 Å². The Labute approximate surface area is 130 Å². The number of halogens is 1. The molecular formula is C12H11ClN2O4S2. The summed E-state index contributed by atoms with van der Waals surface area (Å²) < 4.78 is 31.6. The molecule has 0 amide bonds. The average Bonchev–Trinajstić information content (AvgIpc) is 2.87. The summed E-state index contributed by atoms with van der Waals surface area (Å²) in [6, 6.07) is 4.60. The lowest BCUT2D eigenvalue weighted by atomic mass is 10.1. The van der Waals surface area contributed by atoms with Gasteiger partial charge in [-0.3, -0.25) is 4.72 Å². The number of carbonyl (C=O) groups is 1. The quantitative estimate of drug-likeness (QED) is 0.860. The SMILES string of the molecule is COC(=O)c1ccc(C)c(NS(=O)(=O)c2cnc(Cl)s2)c1. The van der Waals surface area contributed by atoms with Crippen molar-refractivity contribution in [2.24, 2.45) is 0 Å². The predicted molar refractivity (Wildman–Crippen MR) is 80.5 cm³/mol. The molecule has 0 saturated carbocycles. The Hall–Kier alpha value is -1.64. The van der Waals surface area contributed by atoms with Gasteiger partial charge in [0, 0.05) is 0 Å². The smallest absolute Gasteiger partial charge is 0.337 e. The number of hydrogen-bond acceptors (Lipinski definition) is 6. The lowest BCUT2D eigenvalue weighted by Gasteiger charge is -2.10. The van der Waals surface area contributed by atoms with Crippen molar-refractivity contribution < 1.29 is 17.9 Å². The van der Waals surface area contributed by atoms with Gasteiger partial charge in [0.15, 0.2) is 8.68 Å². The second-order valence-corrected chi connectivity index (χ2v) is 7.58. The van der Waals surface area contributed by atoms with Crippen LogP contribution < -0.4 is 4.72 Å². The highest BCUT2D eigenvalue weighted by molar-refractivity contribution is 7.94. The van der Waals surface area contributed by atoms with Crippen LogP contribution >= 0.6 is 22.9 Å². The normalized spacial score (nSPS) is 11.2. The van der Waals surface area contributed by atoms with Gasteiger partial charge in [0.05, 0.1) is 24.6 Å². The monoisotopic (exact) mass is 346 g/mol. The van der Waals surface area contributed by atoms with Crippen molar-refractivity contribution in [2.45, 2.75) is 11.1 Å². The van der Waals surface area contributed by atoms with Crippen LogP contribution in [0.1, 0.15) is 15.9 Å². The minimum atomic E-state index is -3.79. The zero-order chi connectivity index (χ0) is 15.6. The molecule has 0 radical (unpaired) electrons. The van der Waals surface area contributed by atoms with Crippen LogP contribution in [0.5, 0.6) is 0 Å². The number of esters is 1. The molecule has 0 bridgehead atoms. The number of aryl methyl sites for hydroxylation is 1. The number of ether oxygens (including phenoxy) is 1. The molecule has 0 unspecified atom stereocenters. The largest absolute Gasteiger partial charge is 0.465 e. The van der Waals surface area contributed by atoms with Gasteiger partial charge < -0.3 is 4.74 Å². The zero-order valence-corrected chi connectivity index (χ0v) is 13.5. The Morgan fingerprint density at radius 2 is 2.14 bits per heavy atom. The van der Waals surface area contributed by atoms with Crippen molar-refractivity contribution in [3.8, 4) is 0 Å². The third-order valence-corrected chi connectivity index (χ3v) is 5.57. The summed E-state index contributed by atoms with van der Waals surface area (Å²) in [5.41, 5.74) is 1.22. The number of thiazole rings is 1. The first-order valence-electron chi connectivity index (χ1n) is 5.66. The van der Waals surface area contributed by atoms with Crippen LogP contribution in [0.15, 0.2) is 28.6 Å². The molecule has 112 valence electrons. The Morgan fingerprint density at radius 3 is 2.71 bits per heavy atom. The van der Waals surface area contributed by atoms with E-state index in [9.17, 15) is 13.2 Å². The molecule has 9 heteroatoms. The maximum atomic E-state index is 12.2. The number of anilines is 1. The van der Waals surface area contributed by atoms with E-state index in [0.29, 0.717) is 11.3 Å². The van der Waals surface area contributed by atoms with Gasteiger partial charge in [0.1, 0.15) is 0 Å². The Kier molecular flexibility index (Phi) is 4.50. The summed E-state index contributed by atoms with van der Waals surface area (Å²) in [6.07, 6.45) is 1.18. The fraction of sp³-hybridized carbons (Fsp3) is 0.167. The molecule has 0 saturated heterocycles. The van der Waals surface area contributed by atoms with Crippen LogP contribution in [0.4, 0.5) is 5.69 Å². The molecule has 2 rings (SSSR count). The number of nitrogens with one attached hydrogen (secondary N) is 1. The van der Waals surface area contributed by atoms with Gasteiger partial charge in [-0.1, -0.05) is 29.0 Å². The van der Waals surface area contributed by atoms with E-state index < -0.39 is 16.0 Å². The summed E-state index contributed by atoms with van der Waals surface area (Å²) >= 11 is 6.49. The minimum absolute atomic E-state index is 0.00429. The van der Waals surface area contributed by atoms with Crippen LogP contribution in [0.25, 0.3) is 0 Å². The first-order valence-corrected chi connectivity index (χ1v) is 8.34. The van der Waals surface area contributed by atoms with Gasteiger partial charge in [-0.2, -0.15) is 0 Å². The van der Waals surface area contributed by atoms with E-state index in [-0.39, 0.29) is 14.2 Å². The summed E-state index contributed by atoms with van der Waals surface area (Å²) in [5, 5.41) is 0. The number of carbonyl (C=O) groups excluding carboxylic acids is 1. The number of hydrogen-bond donors (Lipinski definition) is 1. The highest BCUT2D eigenvalue weighted by Crippen LogP contribution is 2.26. The van der Waals surface area contributed by atoms with E-state index in [0.717, 1.165) is 11.3 Å². The molecule has 1 aromatic heterocycles. The van der Waals surface area contributed by atoms with Crippen LogP contribution in [0.2, 0.25) is 4.47 Å². The predicted octanol–water partition coefficient (Wildman–Crippen LogP) is 2.69. The summed E-state index contributed by atoms with van der Waals surface area (Å²) in [4.78, 5) is 15.2. The standard InChI is InChI=1S/C12H11ClN2O4S2/c1-7-3-4-8(11(16)19-2)5-9(7)15-21(17,18)10-6-14-12(13)20-10/h3-6,15H,1-2H3. The van der Waals surface area contributed by atoms with E-state index >= 15 is 0 Å². The van der Waals surface area contributed by atoms with Crippen molar-refractivity contribution in [2.75, 3.05) is 11.8 Å². The fourth-order valence-electron chi connectivity index (χ4n) is 1.54. The third kappa shape index (κ3) is 3.52. The van der Waals surface area contributed by atoms with Crippen molar-refractivity contribution in [3.63, 3.8) is 0 Å². The molecule has 0 aliphatic heterocycles. The van der Waals surface area contributed by atoms with Gasteiger partial charge in [0.2, 0.25) is 0 Å². The molecule has 1 aromatic carbocycles. The van der Waals surface area contributed by atoms with E-state index in [1.165, 1.54) is 19.4 Å². The van der Waals surface area contributed by atoms with Crippen LogP contribution in [-0.2, 0) is 14.8 Å². The number of sulfonamides is 1. The lowest BCUT2D eigenvalue weighted by molar-refractivity contribution is 0.0601. The average molecular weight is 347 g/mol. The molecular weight excluding hydrogens is 336 g/mol. The summed E-state index contributed by atoms with van der Waals surface area (Å²) in [6.45, 7) is 1.72. The number of nitrogens with zero attached hydrogens (tertiary/aromatic N) is 1. The highest BCUT2D eigenvalue weighted by atomic mass is 35.5. The van der Waals surface area contributed by atoms with Crippen LogP contribution in [0, 0.1) is 6.92 Å². The van der Waals surface area contributed by atoms with E-state index in [2.05, 4.69) is 14.4 Å². The van der Waals surface area contributed by atoms with Crippen molar-refractivity contribution >= 4 is 44.6 Å². The fourth-order valence-corrected chi connectivity index (χ4v) is 3.95. The molecule has 0 spiro atoms. The number of rotatable bonds is 4. The molecule has 1 heterocycles. The van der Waals surface area contributed by atoms with E-state index in [1.54, 1.807) is 19.1 Å². The Balaban J connectivity index is 2.37. The lowest BCUT2D eigenvalue weighted by Crippen LogP contribution is -2.13. The molecule has 0 atom stereocenters. The highest BCUT2D eigenvalue weighted by Gasteiger charge is 2.19. The van der Waals surface area contributed by atoms with Gasteiger partial charge in [-0.05, 0) is 24.6 Å². The van der Waals surface area contributed by atoms with Crippen molar-refractivity contribution in [3.05, 3.63) is 40.0 Å².